The Hall–Kier alpha value is -3.14. The van der Waals surface area contributed by atoms with Crippen molar-refractivity contribution in [3.05, 3.63) is 107 Å². The Labute approximate surface area is 175 Å². The smallest absolute Gasteiger partial charge is 0.251 e. The number of nitrogens with one attached hydrogen (secondary N) is 1. The molecule has 0 radical (unpaired) electrons. The molecule has 4 aromatic carbocycles. The molecule has 3 nitrogen and oxygen atoms in total. The molecular formula is C25H21ClN2O. The van der Waals surface area contributed by atoms with Gasteiger partial charge in [-0.1, -0.05) is 66.2 Å². The standard InChI is InChI=1S/C25H21ClN2O/c26-23-6-2-3-20(14-23)18-8-10-19(11-9-18)25(29)28-16-22-5-1-4-21-13-17(15-27)7-12-24(21)22/h1-14H,15-16,27H2,(H,28,29). The first-order valence-corrected chi connectivity index (χ1v) is 9.86. The van der Waals surface area contributed by atoms with Gasteiger partial charge in [0, 0.05) is 23.7 Å². The van der Waals surface area contributed by atoms with Crippen LogP contribution in [-0.2, 0) is 13.1 Å². The van der Waals surface area contributed by atoms with E-state index in [0.29, 0.717) is 23.7 Å². The summed E-state index contributed by atoms with van der Waals surface area (Å²) < 4.78 is 0. The predicted octanol–water partition coefficient (Wildman–Crippen LogP) is 5.55. The molecule has 0 saturated carbocycles. The second-order valence-electron chi connectivity index (χ2n) is 6.95. The molecule has 0 aliphatic rings. The van der Waals surface area contributed by atoms with Crippen LogP contribution in [0.2, 0.25) is 5.02 Å². The normalized spacial score (nSPS) is 10.8. The van der Waals surface area contributed by atoms with Crippen molar-refractivity contribution in [3.8, 4) is 11.1 Å². The third kappa shape index (κ3) is 4.32. The number of fused-ring (bicyclic) bond motifs is 1. The summed E-state index contributed by atoms with van der Waals surface area (Å²) in [5, 5.41) is 5.97. The molecular weight excluding hydrogens is 380 g/mol. The zero-order valence-corrected chi connectivity index (χ0v) is 16.6. The minimum absolute atomic E-state index is 0.0989. The highest BCUT2D eigenvalue weighted by Gasteiger charge is 2.08. The lowest BCUT2D eigenvalue weighted by Crippen LogP contribution is -2.22. The van der Waals surface area contributed by atoms with Crippen molar-refractivity contribution in [2.75, 3.05) is 0 Å². The SMILES string of the molecule is NCc1ccc2c(CNC(=O)c3ccc(-c4cccc(Cl)c4)cc3)cccc2c1. The van der Waals surface area contributed by atoms with E-state index < -0.39 is 0 Å². The van der Waals surface area contributed by atoms with Crippen molar-refractivity contribution >= 4 is 28.3 Å². The van der Waals surface area contributed by atoms with Crippen molar-refractivity contribution < 1.29 is 4.79 Å². The summed E-state index contributed by atoms with van der Waals surface area (Å²) in [4.78, 5) is 12.6. The molecule has 0 bridgehead atoms. The summed E-state index contributed by atoms with van der Waals surface area (Å²) in [5.74, 6) is -0.0989. The lowest BCUT2D eigenvalue weighted by Gasteiger charge is -2.10. The minimum Gasteiger partial charge on any atom is -0.348 e. The molecule has 0 aromatic heterocycles. The summed E-state index contributed by atoms with van der Waals surface area (Å²) >= 11 is 6.06. The zero-order chi connectivity index (χ0) is 20.2. The van der Waals surface area contributed by atoms with Gasteiger partial charge in [-0.2, -0.15) is 0 Å². The van der Waals surface area contributed by atoms with Crippen molar-refractivity contribution in [2.24, 2.45) is 5.73 Å². The Morgan fingerprint density at radius 1 is 0.862 bits per heavy atom. The molecule has 0 aliphatic heterocycles. The maximum Gasteiger partial charge on any atom is 0.251 e. The summed E-state index contributed by atoms with van der Waals surface area (Å²) in [6.45, 7) is 0.982. The van der Waals surface area contributed by atoms with Crippen LogP contribution in [0.3, 0.4) is 0 Å². The van der Waals surface area contributed by atoms with Crippen LogP contribution in [-0.4, -0.2) is 5.91 Å². The predicted molar refractivity (Wildman–Crippen MR) is 120 cm³/mol. The fourth-order valence-electron chi connectivity index (χ4n) is 3.44. The quantitative estimate of drug-likeness (QED) is 0.461. The van der Waals surface area contributed by atoms with Crippen LogP contribution in [0.5, 0.6) is 0 Å². The molecule has 144 valence electrons. The molecule has 0 heterocycles. The number of hydrogen-bond donors (Lipinski definition) is 2. The van der Waals surface area contributed by atoms with Crippen LogP contribution in [0, 0.1) is 0 Å². The molecule has 0 saturated heterocycles. The number of carbonyl (C=O) groups excluding carboxylic acids is 1. The Morgan fingerprint density at radius 2 is 1.66 bits per heavy atom. The topological polar surface area (TPSA) is 55.1 Å². The van der Waals surface area contributed by atoms with Gasteiger partial charge in [0.15, 0.2) is 0 Å². The van der Waals surface area contributed by atoms with Gasteiger partial charge in [0.2, 0.25) is 0 Å². The van der Waals surface area contributed by atoms with Crippen molar-refractivity contribution in [1.29, 1.82) is 0 Å². The van der Waals surface area contributed by atoms with Gasteiger partial charge < -0.3 is 11.1 Å². The first-order chi connectivity index (χ1) is 14.1. The minimum atomic E-state index is -0.0989. The number of carbonyl (C=O) groups is 1. The van der Waals surface area contributed by atoms with Gasteiger partial charge in [0.25, 0.3) is 5.91 Å². The third-order valence-corrected chi connectivity index (χ3v) is 5.25. The average Bonchev–Trinajstić information content (AvgIpc) is 2.77. The number of hydrogen-bond acceptors (Lipinski definition) is 2. The van der Waals surface area contributed by atoms with Gasteiger partial charge in [0.05, 0.1) is 0 Å². The van der Waals surface area contributed by atoms with E-state index in [2.05, 4.69) is 23.5 Å². The largest absolute Gasteiger partial charge is 0.348 e. The number of nitrogens with two attached hydrogens (primary N) is 1. The van der Waals surface area contributed by atoms with E-state index in [1.807, 2.05) is 66.7 Å². The van der Waals surface area contributed by atoms with Crippen LogP contribution in [0.4, 0.5) is 0 Å². The molecule has 4 aromatic rings. The summed E-state index contributed by atoms with van der Waals surface area (Å²) in [6.07, 6.45) is 0. The molecule has 0 spiro atoms. The Balaban J connectivity index is 1.48. The molecule has 0 unspecified atom stereocenters. The van der Waals surface area contributed by atoms with Gasteiger partial charge >= 0.3 is 0 Å². The van der Waals surface area contributed by atoms with E-state index >= 15 is 0 Å². The van der Waals surface area contributed by atoms with Crippen LogP contribution in [0.1, 0.15) is 21.5 Å². The van der Waals surface area contributed by atoms with Crippen LogP contribution >= 0.6 is 11.6 Å². The van der Waals surface area contributed by atoms with E-state index in [0.717, 1.165) is 33.0 Å². The molecule has 4 rings (SSSR count). The van der Waals surface area contributed by atoms with Crippen molar-refractivity contribution in [2.45, 2.75) is 13.1 Å². The first kappa shape index (κ1) is 19.2. The molecule has 0 aliphatic carbocycles. The summed E-state index contributed by atoms with van der Waals surface area (Å²) in [6, 6.07) is 27.5. The van der Waals surface area contributed by atoms with Gasteiger partial charge in [-0.25, -0.2) is 0 Å². The number of halogens is 1. The van der Waals surface area contributed by atoms with Crippen LogP contribution in [0.25, 0.3) is 21.9 Å². The first-order valence-electron chi connectivity index (χ1n) is 9.49. The molecule has 29 heavy (non-hydrogen) atoms. The maximum absolute atomic E-state index is 12.6. The Bertz CT molecular complexity index is 1170. The highest BCUT2D eigenvalue weighted by Crippen LogP contribution is 2.23. The van der Waals surface area contributed by atoms with Crippen LogP contribution in [0.15, 0.2) is 84.9 Å². The van der Waals surface area contributed by atoms with E-state index in [-0.39, 0.29) is 5.91 Å². The molecule has 3 N–H and O–H groups in total. The molecule has 0 fully saturated rings. The number of amides is 1. The Morgan fingerprint density at radius 3 is 2.41 bits per heavy atom. The van der Waals surface area contributed by atoms with E-state index in [1.54, 1.807) is 0 Å². The summed E-state index contributed by atoms with van der Waals surface area (Å²) in [7, 11) is 0. The fraction of sp³-hybridized carbons (Fsp3) is 0.0800. The van der Waals surface area contributed by atoms with Crippen molar-refractivity contribution in [3.63, 3.8) is 0 Å². The fourth-order valence-corrected chi connectivity index (χ4v) is 3.63. The third-order valence-electron chi connectivity index (χ3n) is 5.02. The van der Waals surface area contributed by atoms with Gasteiger partial charge in [-0.3, -0.25) is 4.79 Å². The lowest BCUT2D eigenvalue weighted by molar-refractivity contribution is 0.0951. The van der Waals surface area contributed by atoms with Crippen molar-refractivity contribution in [1.82, 2.24) is 5.32 Å². The number of benzene rings is 4. The monoisotopic (exact) mass is 400 g/mol. The molecule has 0 atom stereocenters. The van der Waals surface area contributed by atoms with Gasteiger partial charge in [0.1, 0.15) is 0 Å². The zero-order valence-electron chi connectivity index (χ0n) is 15.9. The Kier molecular flexibility index (Phi) is 5.61. The van der Waals surface area contributed by atoms with Crippen LogP contribution < -0.4 is 11.1 Å². The van der Waals surface area contributed by atoms with Gasteiger partial charge in [-0.15, -0.1) is 0 Å². The second kappa shape index (κ2) is 8.48. The average molecular weight is 401 g/mol. The van der Waals surface area contributed by atoms with E-state index in [1.165, 1.54) is 0 Å². The number of rotatable bonds is 5. The second-order valence-corrected chi connectivity index (χ2v) is 7.38. The van der Waals surface area contributed by atoms with E-state index in [4.69, 9.17) is 17.3 Å². The maximum atomic E-state index is 12.6. The van der Waals surface area contributed by atoms with E-state index in [9.17, 15) is 4.79 Å². The van der Waals surface area contributed by atoms with Gasteiger partial charge in [-0.05, 0) is 63.4 Å². The highest BCUT2D eigenvalue weighted by molar-refractivity contribution is 6.30. The molecule has 1 amide bonds. The lowest BCUT2D eigenvalue weighted by atomic mass is 10.0. The molecule has 4 heteroatoms. The highest BCUT2D eigenvalue weighted by atomic mass is 35.5. The summed E-state index contributed by atoms with van der Waals surface area (Å²) in [5.41, 5.74) is 10.6.